The van der Waals surface area contributed by atoms with E-state index in [-0.39, 0.29) is 31.6 Å². The molecule has 0 spiro atoms. The summed E-state index contributed by atoms with van der Waals surface area (Å²) < 4.78 is 28.8. The van der Waals surface area contributed by atoms with Gasteiger partial charge in [0.05, 0.1) is 30.9 Å². The molecule has 164 valence electrons. The summed E-state index contributed by atoms with van der Waals surface area (Å²) in [5, 5.41) is 0. The highest BCUT2D eigenvalue weighted by Gasteiger charge is 2.34. The Kier molecular flexibility index (Phi) is 7.80. The molecule has 7 nitrogen and oxygen atoms in total. The third-order valence-electron chi connectivity index (χ3n) is 4.60. The fourth-order valence-electron chi connectivity index (χ4n) is 3.22. The van der Waals surface area contributed by atoms with E-state index < -0.39 is 7.60 Å². The van der Waals surface area contributed by atoms with Gasteiger partial charge in [-0.05, 0) is 56.2 Å². The average molecular weight is 443 g/mol. The fraction of sp³-hybridized carbons (Fsp3) is 0.304. The van der Waals surface area contributed by atoms with Crippen molar-refractivity contribution in [3.63, 3.8) is 0 Å². The number of carbonyl (C=O) groups excluding carboxylic acids is 2. The fourth-order valence-corrected chi connectivity index (χ4v) is 4.54. The van der Waals surface area contributed by atoms with Crippen LogP contribution in [0.15, 0.2) is 54.3 Å². The van der Waals surface area contributed by atoms with Crippen LogP contribution in [0.3, 0.4) is 0 Å². The lowest BCUT2D eigenvalue weighted by atomic mass is 10.1. The molecule has 1 aliphatic rings. The Labute approximate surface area is 182 Å². The maximum Gasteiger partial charge on any atom is 0.354 e. The Hall–Kier alpha value is -2.73. The van der Waals surface area contributed by atoms with Crippen LogP contribution < -0.4 is 4.74 Å². The molecule has 0 saturated carbocycles. The monoisotopic (exact) mass is 443 g/mol. The van der Waals surface area contributed by atoms with Crippen LogP contribution in [-0.4, -0.2) is 43.1 Å². The number of hydrogen-bond acceptors (Lipinski definition) is 6. The van der Waals surface area contributed by atoms with Crippen molar-refractivity contribution >= 4 is 25.5 Å². The first-order chi connectivity index (χ1) is 15.0. The Morgan fingerprint density at radius 2 is 1.58 bits per heavy atom. The van der Waals surface area contributed by atoms with Crippen LogP contribution in [0.4, 0.5) is 0 Å². The molecule has 0 unspecified atom stereocenters. The minimum absolute atomic E-state index is 0.263. The summed E-state index contributed by atoms with van der Waals surface area (Å²) >= 11 is 0. The summed E-state index contributed by atoms with van der Waals surface area (Å²) in [6, 6.07) is 14.1. The molecule has 0 fully saturated rings. The zero-order valence-corrected chi connectivity index (χ0v) is 18.5. The third kappa shape index (κ3) is 5.70. The van der Waals surface area contributed by atoms with E-state index in [1.54, 1.807) is 50.3 Å². The van der Waals surface area contributed by atoms with Crippen LogP contribution in [0, 0.1) is 0 Å². The molecule has 0 bridgehead atoms. The summed E-state index contributed by atoms with van der Waals surface area (Å²) in [4.78, 5) is 26.0. The Morgan fingerprint density at radius 3 is 2.19 bits per heavy atom. The highest BCUT2D eigenvalue weighted by atomic mass is 31.2. The molecule has 2 amide bonds. The molecule has 3 rings (SSSR count). The van der Waals surface area contributed by atoms with Gasteiger partial charge in [0.25, 0.3) is 11.8 Å². The molecule has 2 aromatic carbocycles. The van der Waals surface area contributed by atoms with Crippen molar-refractivity contribution in [3.8, 4) is 5.75 Å². The number of ether oxygens (including phenoxy) is 1. The molecule has 0 radical (unpaired) electrons. The van der Waals surface area contributed by atoms with Gasteiger partial charge in [0.15, 0.2) is 0 Å². The van der Waals surface area contributed by atoms with Crippen molar-refractivity contribution in [1.82, 2.24) is 4.90 Å². The van der Waals surface area contributed by atoms with Crippen molar-refractivity contribution in [2.24, 2.45) is 0 Å². The van der Waals surface area contributed by atoms with E-state index in [2.05, 4.69) is 0 Å². The zero-order chi connectivity index (χ0) is 22.3. The maximum atomic E-state index is 12.5. The molecule has 8 heteroatoms. The standard InChI is InChI=1S/C23H26NO6P/c1-3-29-31(27,30-4-2)16-13-18-9-7-10-19(17-18)28-15-8-14-24-22(25)20-11-5-6-12-21(20)23(24)26/h5-7,9-13,16-17H,3-4,8,14-15H2,1-2H3/b16-13+. The molecule has 1 heterocycles. The average Bonchev–Trinajstić information content (AvgIpc) is 3.01. The number of amides is 2. The van der Waals surface area contributed by atoms with Crippen molar-refractivity contribution in [1.29, 1.82) is 0 Å². The summed E-state index contributed by atoms with van der Waals surface area (Å²) in [6.07, 6.45) is 2.19. The smallest absolute Gasteiger partial charge is 0.354 e. The van der Waals surface area contributed by atoms with Crippen LogP contribution in [0.5, 0.6) is 5.75 Å². The first kappa shape index (κ1) is 22.9. The van der Waals surface area contributed by atoms with Crippen LogP contribution in [-0.2, 0) is 13.6 Å². The van der Waals surface area contributed by atoms with Gasteiger partial charge in [-0.25, -0.2) is 0 Å². The molecular weight excluding hydrogens is 417 g/mol. The molecule has 0 saturated heterocycles. The molecule has 0 N–H and O–H groups in total. The largest absolute Gasteiger partial charge is 0.494 e. The number of fused-ring (bicyclic) bond motifs is 1. The van der Waals surface area contributed by atoms with E-state index in [1.807, 2.05) is 18.2 Å². The first-order valence-corrected chi connectivity index (χ1v) is 11.8. The highest BCUT2D eigenvalue weighted by Crippen LogP contribution is 2.50. The predicted molar refractivity (Wildman–Crippen MR) is 118 cm³/mol. The van der Waals surface area contributed by atoms with E-state index in [0.717, 1.165) is 5.56 Å². The summed E-state index contributed by atoms with van der Waals surface area (Å²) in [5.74, 6) is 1.55. The number of benzene rings is 2. The van der Waals surface area contributed by atoms with Crippen molar-refractivity contribution in [3.05, 3.63) is 71.0 Å². The van der Waals surface area contributed by atoms with Crippen molar-refractivity contribution in [2.75, 3.05) is 26.4 Å². The molecule has 2 aromatic rings. The van der Waals surface area contributed by atoms with Gasteiger partial charge in [0.1, 0.15) is 5.75 Å². The van der Waals surface area contributed by atoms with Gasteiger partial charge in [-0.3, -0.25) is 19.1 Å². The number of carbonyl (C=O) groups is 2. The summed E-state index contributed by atoms with van der Waals surface area (Å²) in [6.45, 7) is 4.73. The second-order valence-electron chi connectivity index (χ2n) is 6.77. The summed E-state index contributed by atoms with van der Waals surface area (Å²) in [7, 11) is -3.27. The predicted octanol–water partition coefficient (Wildman–Crippen LogP) is 4.99. The number of hydrogen-bond donors (Lipinski definition) is 0. The van der Waals surface area contributed by atoms with Crippen LogP contribution in [0.2, 0.25) is 0 Å². The van der Waals surface area contributed by atoms with Gasteiger partial charge in [0.2, 0.25) is 0 Å². The van der Waals surface area contributed by atoms with Crippen LogP contribution in [0.25, 0.3) is 6.08 Å². The normalized spacial score (nSPS) is 13.8. The van der Waals surface area contributed by atoms with E-state index in [9.17, 15) is 14.2 Å². The van der Waals surface area contributed by atoms with Gasteiger partial charge < -0.3 is 13.8 Å². The molecule has 0 aromatic heterocycles. The molecule has 31 heavy (non-hydrogen) atoms. The van der Waals surface area contributed by atoms with Crippen LogP contribution >= 0.6 is 7.60 Å². The lowest BCUT2D eigenvalue weighted by Gasteiger charge is -2.14. The first-order valence-electron chi connectivity index (χ1n) is 10.2. The lowest BCUT2D eigenvalue weighted by Crippen LogP contribution is -2.31. The van der Waals surface area contributed by atoms with E-state index >= 15 is 0 Å². The SMILES string of the molecule is CCOP(=O)(/C=C/c1cccc(OCCCN2C(=O)c3ccccc3C2=O)c1)OCC. The molecule has 0 atom stereocenters. The van der Waals surface area contributed by atoms with Gasteiger partial charge >= 0.3 is 7.60 Å². The topological polar surface area (TPSA) is 82.1 Å². The van der Waals surface area contributed by atoms with Crippen LogP contribution in [0.1, 0.15) is 46.5 Å². The second kappa shape index (κ2) is 10.5. The third-order valence-corrected chi connectivity index (χ3v) is 6.35. The Balaban J connectivity index is 1.53. The number of nitrogens with zero attached hydrogens (tertiary/aromatic N) is 1. The van der Waals surface area contributed by atoms with Gasteiger partial charge in [-0.15, -0.1) is 0 Å². The Bertz CT molecular complexity index is 974. The minimum atomic E-state index is -3.27. The lowest BCUT2D eigenvalue weighted by molar-refractivity contribution is 0.0646. The maximum absolute atomic E-state index is 12.5. The van der Waals surface area contributed by atoms with Gasteiger partial charge in [-0.2, -0.15) is 0 Å². The number of rotatable bonds is 11. The summed E-state index contributed by atoms with van der Waals surface area (Å²) in [5.41, 5.74) is 1.69. The molecule has 1 aliphatic heterocycles. The quantitative estimate of drug-likeness (QED) is 0.277. The second-order valence-corrected chi connectivity index (χ2v) is 8.67. The number of imide groups is 1. The van der Waals surface area contributed by atoms with E-state index in [4.69, 9.17) is 13.8 Å². The molecule has 0 aliphatic carbocycles. The zero-order valence-electron chi connectivity index (χ0n) is 17.7. The minimum Gasteiger partial charge on any atom is -0.494 e. The van der Waals surface area contributed by atoms with E-state index in [1.165, 1.54) is 10.7 Å². The highest BCUT2D eigenvalue weighted by molar-refractivity contribution is 7.57. The van der Waals surface area contributed by atoms with Crippen molar-refractivity contribution in [2.45, 2.75) is 20.3 Å². The molecular formula is C23H26NO6P. The Morgan fingerprint density at radius 1 is 0.935 bits per heavy atom. The van der Waals surface area contributed by atoms with Crippen molar-refractivity contribution < 1.29 is 27.9 Å². The van der Waals surface area contributed by atoms with E-state index in [0.29, 0.717) is 29.9 Å². The van der Waals surface area contributed by atoms with Gasteiger partial charge in [-0.1, -0.05) is 24.3 Å². The van der Waals surface area contributed by atoms with Gasteiger partial charge in [0, 0.05) is 12.4 Å².